The molecule has 2 rings (SSSR count). The van der Waals surface area contributed by atoms with Crippen LogP contribution in [0.25, 0.3) is 0 Å². The van der Waals surface area contributed by atoms with E-state index in [1.165, 1.54) is 11.3 Å². The molecule has 6 heteroatoms. The van der Waals surface area contributed by atoms with Crippen molar-refractivity contribution in [2.45, 2.75) is 12.8 Å². The lowest BCUT2D eigenvalue weighted by Gasteiger charge is -2.05. The van der Waals surface area contributed by atoms with Crippen LogP contribution in [0.4, 0.5) is 0 Å². The van der Waals surface area contributed by atoms with Crippen LogP contribution in [0.15, 0.2) is 12.1 Å². The molecule has 0 bridgehead atoms. The van der Waals surface area contributed by atoms with Crippen LogP contribution in [0.5, 0.6) is 0 Å². The van der Waals surface area contributed by atoms with E-state index < -0.39 is 0 Å². The van der Waals surface area contributed by atoms with Gasteiger partial charge in [-0.1, -0.05) is 11.8 Å². The van der Waals surface area contributed by atoms with Gasteiger partial charge in [0.15, 0.2) is 0 Å². The second-order valence-electron chi connectivity index (χ2n) is 4.49. The quantitative estimate of drug-likeness (QED) is 0.539. The number of nitrogens with two attached hydrogens (primary N) is 1. The highest BCUT2D eigenvalue weighted by Crippen LogP contribution is 2.28. The SMILES string of the molecule is NCC#Cc1ccc(C(=O)NCCNC(=O)C2CC2)s1. The molecule has 1 aliphatic carbocycles. The molecule has 1 fully saturated rings. The summed E-state index contributed by atoms with van der Waals surface area (Å²) in [6.45, 7) is 1.20. The van der Waals surface area contributed by atoms with Gasteiger partial charge in [-0.3, -0.25) is 9.59 Å². The van der Waals surface area contributed by atoms with Gasteiger partial charge in [0.1, 0.15) is 0 Å². The smallest absolute Gasteiger partial charge is 0.261 e. The first kappa shape index (κ1) is 14.6. The first-order chi connectivity index (χ1) is 9.70. The summed E-state index contributed by atoms with van der Waals surface area (Å²) in [6, 6.07) is 3.54. The topological polar surface area (TPSA) is 84.2 Å². The first-order valence-electron chi connectivity index (χ1n) is 6.55. The molecule has 20 heavy (non-hydrogen) atoms. The highest BCUT2D eigenvalue weighted by Gasteiger charge is 2.28. The second kappa shape index (κ2) is 7.08. The summed E-state index contributed by atoms with van der Waals surface area (Å²) in [6.07, 6.45) is 1.97. The highest BCUT2D eigenvalue weighted by molar-refractivity contribution is 7.14. The van der Waals surface area contributed by atoms with E-state index in [0.29, 0.717) is 24.5 Å². The van der Waals surface area contributed by atoms with Crippen molar-refractivity contribution in [3.8, 4) is 11.8 Å². The van der Waals surface area contributed by atoms with Gasteiger partial charge in [0.05, 0.1) is 16.3 Å². The molecular weight excluding hydrogens is 274 g/mol. The van der Waals surface area contributed by atoms with E-state index in [9.17, 15) is 9.59 Å². The van der Waals surface area contributed by atoms with Gasteiger partial charge < -0.3 is 16.4 Å². The summed E-state index contributed by atoms with van der Waals surface area (Å²) in [5.74, 6) is 5.79. The van der Waals surface area contributed by atoms with E-state index in [4.69, 9.17) is 5.73 Å². The minimum Gasteiger partial charge on any atom is -0.354 e. The molecule has 0 atom stereocenters. The van der Waals surface area contributed by atoms with Crippen molar-refractivity contribution in [1.29, 1.82) is 0 Å². The lowest BCUT2D eigenvalue weighted by Crippen LogP contribution is -2.35. The Bertz CT molecular complexity index is 552. The minimum absolute atomic E-state index is 0.0923. The molecular formula is C14H17N3O2S. The third-order valence-electron chi connectivity index (χ3n) is 2.80. The van der Waals surface area contributed by atoms with Gasteiger partial charge in [-0.05, 0) is 25.0 Å². The van der Waals surface area contributed by atoms with Gasteiger partial charge in [0.25, 0.3) is 5.91 Å². The maximum Gasteiger partial charge on any atom is 0.261 e. The van der Waals surface area contributed by atoms with Crippen LogP contribution >= 0.6 is 11.3 Å². The van der Waals surface area contributed by atoms with Crippen LogP contribution in [0.1, 0.15) is 27.4 Å². The summed E-state index contributed by atoms with van der Waals surface area (Å²) < 4.78 is 0. The molecule has 1 aromatic rings. The molecule has 4 N–H and O–H groups in total. The average Bonchev–Trinajstić information content (AvgIpc) is 3.19. The average molecular weight is 291 g/mol. The van der Waals surface area contributed by atoms with Crippen molar-refractivity contribution in [3.63, 3.8) is 0 Å². The predicted octanol–water partition coefficient (Wildman–Crippen LogP) is 0.314. The van der Waals surface area contributed by atoms with Gasteiger partial charge in [0, 0.05) is 19.0 Å². The molecule has 0 radical (unpaired) electrons. The number of carbonyl (C=O) groups is 2. The molecule has 2 amide bonds. The number of hydrogen-bond donors (Lipinski definition) is 3. The fourth-order valence-corrected chi connectivity index (χ4v) is 2.40. The minimum atomic E-state index is -0.142. The summed E-state index contributed by atoms with van der Waals surface area (Å²) in [4.78, 5) is 24.6. The van der Waals surface area contributed by atoms with Gasteiger partial charge >= 0.3 is 0 Å². The van der Waals surface area contributed by atoms with Crippen LogP contribution in [-0.4, -0.2) is 31.4 Å². The Labute approximate surface area is 121 Å². The molecule has 0 spiro atoms. The van der Waals surface area contributed by atoms with Crippen molar-refractivity contribution >= 4 is 23.2 Å². The van der Waals surface area contributed by atoms with Crippen molar-refractivity contribution < 1.29 is 9.59 Å². The Balaban J connectivity index is 1.71. The maximum atomic E-state index is 11.8. The Morgan fingerprint density at radius 3 is 2.75 bits per heavy atom. The van der Waals surface area contributed by atoms with Crippen molar-refractivity contribution in [1.82, 2.24) is 10.6 Å². The zero-order chi connectivity index (χ0) is 14.4. The lowest BCUT2D eigenvalue weighted by molar-refractivity contribution is -0.122. The van der Waals surface area contributed by atoms with Crippen LogP contribution in [0.2, 0.25) is 0 Å². The molecule has 1 saturated carbocycles. The molecule has 1 heterocycles. The van der Waals surface area contributed by atoms with E-state index in [0.717, 1.165) is 17.7 Å². The van der Waals surface area contributed by atoms with Crippen LogP contribution in [0.3, 0.4) is 0 Å². The van der Waals surface area contributed by atoms with Gasteiger partial charge in [0.2, 0.25) is 5.91 Å². The maximum absolute atomic E-state index is 11.8. The second-order valence-corrected chi connectivity index (χ2v) is 5.57. The molecule has 1 aromatic heterocycles. The molecule has 0 unspecified atom stereocenters. The number of rotatable bonds is 5. The monoisotopic (exact) mass is 291 g/mol. The normalized spacial score (nSPS) is 13.2. The van der Waals surface area contributed by atoms with Crippen molar-refractivity contribution in [3.05, 3.63) is 21.9 Å². The fraction of sp³-hybridized carbons (Fsp3) is 0.429. The van der Waals surface area contributed by atoms with Gasteiger partial charge in [-0.25, -0.2) is 0 Å². The number of thiophene rings is 1. The first-order valence-corrected chi connectivity index (χ1v) is 7.37. The number of nitrogens with one attached hydrogen (secondary N) is 2. The Morgan fingerprint density at radius 1 is 1.30 bits per heavy atom. The molecule has 0 aliphatic heterocycles. The zero-order valence-electron chi connectivity index (χ0n) is 11.1. The molecule has 0 saturated heterocycles. The number of amides is 2. The molecule has 0 aromatic carbocycles. The van der Waals surface area contributed by atoms with Gasteiger partial charge in [-0.2, -0.15) is 0 Å². The van der Waals surface area contributed by atoms with E-state index in [2.05, 4.69) is 22.5 Å². The van der Waals surface area contributed by atoms with Crippen molar-refractivity contribution in [2.24, 2.45) is 11.7 Å². The summed E-state index contributed by atoms with van der Waals surface area (Å²) in [5.41, 5.74) is 5.29. The van der Waals surface area contributed by atoms with E-state index in [1.54, 1.807) is 12.1 Å². The van der Waals surface area contributed by atoms with Crippen molar-refractivity contribution in [2.75, 3.05) is 19.6 Å². The Morgan fingerprint density at radius 2 is 2.05 bits per heavy atom. The van der Waals surface area contributed by atoms with Crippen LogP contribution in [0, 0.1) is 17.8 Å². The summed E-state index contributed by atoms with van der Waals surface area (Å²) in [5, 5.41) is 5.56. The predicted molar refractivity (Wildman–Crippen MR) is 78.3 cm³/mol. The summed E-state index contributed by atoms with van der Waals surface area (Å²) in [7, 11) is 0. The summed E-state index contributed by atoms with van der Waals surface area (Å²) >= 11 is 1.33. The molecule has 1 aliphatic rings. The van der Waals surface area contributed by atoms with Gasteiger partial charge in [-0.15, -0.1) is 11.3 Å². The Kier molecular flexibility index (Phi) is 5.16. The largest absolute Gasteiger partial charge is 0.354 e. The fourth-order valence-electron chi connectivity index (χ4n) is 1.60. The Hall–Kier alpha value is -1.84. The molecule has 106 valence electrons. The van der Waals surface area contributed by atoms with E-state index in [-0.39, 0.29) is 17.7 Å². The number of hydrogen-bond acceptors (Lipinski definition) is 4. The van der Waals surface area contributed by atoms with Crippen LogP contribution in [-0.2, 0) is 4.79 Å². The lowest BCUT2D eigenvalue weighted by atomic mass is 10.4. The molecule has 5 nitrogen and oxygen atoms in total. The number of carbonyl (C=O) groups excluding carboxylic acids is 2. The standard InChI is InChI=1S/C14H17N3O2S/c15-7-1-2-11-5-6-12(20-11)14(19)17-9-8-16-13(18)10-3-4-10/h5-6,10H,3-4,7-9,15H2,(H,16,18)(H,17,19). The van der Waals surface area contributed by atoms with E-state index in [1.807, 2.05) is 0 Å². The van der Waals surface area contributed by atoms with Crippen LogP contribution < -0.4 is 16.4 Å². The zero-order valence-corrected chi connectivity index (χ0v) is 11.9. The third-order valence-corrected chi connectivity index (χ3v) is 3.80. The third kappa shape index (κ3) is 4.37. The highest BCUT2D eigenvalue weighted by atomic mass is 32.1. The van der Waals surface area contributed by atoms with E-state index >= 15 is 0 Å².